The number of ketones is 1. The predicted molar refractivity (Wildman–Crippen MR) is 86.4 cm³/mol. The maximum absolute atomic E-state index is 12.0. The minimum absolute atomic E-state index is 0.0422. The molecule has 2 aromatic rings. The molecule has 0 fully saturated rings. The number of halogens is 1. The van der Waals surface area contributed by atoms with Gasteiger partial charge in [-0.15, -0.1) is 11.3 Å². The average Bonchev–Trinajstić information content (AvgIpc) is 2.88. The number of rotatable bonds is 7. The van der Waals surface area contributed by atoms with E-state index < -0.39 is 0 Å². The summed E-state index contributed by atoms with van der Waals surface area (Å²) in [5, 5.41) is 0. The number of Topliss-reactive ketones (excluding diaryl/α,β-unsaturated/α-hetero) is 1. The molecule has 4 nitrogen and oxygen atoms in total. The van der Waals surface area contributed by atoms with E-state index in [0.29, 0.717) is 17.9 Å². The first-order valence-electron chi connectivity index (χ1n) is 6.45. The van der Waals surface area contributed by atoms with Gasteiger partial charge >= 0.3 is 0 Å². The van der Waals surface area contributed by atoms with Crippen molar-refractivity contribution in [2.45, 2.75) is 13.3 Å². The second-order valence-corrected chi connectivity index (χ2v) is 6.23. The van der Waals surface area contributed by atoms with E-state index in [0.717, 1.165) is 16.6 Å². The Morgan fingerprint density at radius 3 is 2.86 bits per heavy atom. The molecular formula is C15H16BrNO3S. The first-order chi connectivity index (χ1) is 10.1. The number of carbonyl (C=O) groups is 1. The Labute approximate surface area is 136 Å². The van der Waals surface area contributed by atoms with Crippen LogP contribution in [0.3, 0.4) is 0 Å². The molecule has 2 rings (SSSR count). The quantitative estimate of drug-likeness (QED) is 0.551. The van der Waals surface area contributed by atoms with Gasteiger partial charge in [-0.2, -0.15) is 0 Å². The molecule has 0 atom stereocenters. The third kappa shape index (κ3) is 4.36. The summed E-state index contributed by atoms with van der Waals surface area (Å²) in [7, 11) is 1.59. The number of ether oxygens (including phenoxy) is 2. The number of methoxy groups -OCH3 is 1. The number of carbonyl (C=O) groups excluding carboxylic acids is 1. The Hall–Kier alpha value is -1.24. The molecule has 0 spiro atoms. The highest BCUT2D eigenvalue weighted by Gasteiger charge is 2.09. The minimum atomic E-state index is -0.0422. The summed E-state index contributed by atoms with van der Waals surface area (Å²) in [6, 6.07) is 5.25. The highest BCUT2D eigenvalue weighted by molar-refractivity contribution is 9.10. The molecule has 0 aliphatic carbocycles. The fraction of sp³-hybridized carbons (Fsp3) is 0.333. The summed E-state index contributed by atoms with van der Waals surface area (Å²) in [6.07, 6.45) is 0.788. The van der Waals surface area contributed by atoms with E-state index in [1.165, 1.54) is 4.88 Å². The lowest BCUT2D eigenvalue weighted by molar-refractivity contribution is 0.0766. The topological polar surface area (TPSA) is 48.4 Å². The summed E-state index contributed by atoms with van der Waals surface area (Å²) < 4.78 is 11.4. The zero-order valence-corrected chi connectivity index (χ0v) is 14.3. The third-order valence-corrected chi connectivity index (χ3v) is 4.64. The Morgan fingerprint density at radius 1 is 1.43 bits per heavy atom. The van der Waals surface area contributed by atoms with Gasteiger partial charge in [0.15, 0.2) is 5.78 Å². The lowest BCUT2D eigenvalue weighted by Gasteiger charge is -2.06. The Balaban J connectivity index is 1.82. The van der Waals surface area contributed by atoms with E-state index in [2.05, 4.69) is 20.9 Å². The van der Waals surface area contributed by atoms with Gasteiger partial charge in [-0.05, 0) is 41.1 Å². The highest BCUT2D eigenvalue weighted by atomic mass is 79.9. The van der Waals surface area contributed by atoms with E-state index in [4.69, 9.17) is 9.47 Å². The molecule has 21 heavy (non-hydrogen) atoms. The number of hydrogen-bond acceptors (Lipinski definition) is 5. The molecule has 6 heteroatoms. The van der Waals surface area contributed by atoms with Crippen LogP contribution in [0.1, 0.15) is 20.9 Å². The zero-order chi connectivity index (χ0) is 15.2. The highest BCUT2D eigenvalue weighted by Crippen LogP contribution is 2.25. The minimum Gasteiger partial charge on any atom is -0.496 e. The van der Waals surface area contributed by atoms with Crippen LogP contribution in [-0.4, -0.2) is 31.1 Å². The molecule has 0 N–H and O–H groups in total. The SMILES string of the molecule is COc1ccc(C(=O)COCCc2scnc2C)cc1Br. The molecule has 1 aromatic heterocycles. The predicted octanol–water partition coefficient (Wildman–Crippen LogP) is 3.66. The Bertz CT molecular complexity index is 627. The van der Waals surface area contributed by atoms with Gasteiger partial charge in [0.1, 0.15) is 12.4 Å². The third-order valence-electron chi connectivity index (χ3n) is 3.03. The number of aromatic nitrogens is 1. The smallest absolute Gasteiger partial charge is 0.188 e. The van der Waals surface area contributed by atoms with Crippen molar-refractivity contribution in [2.24, 2.45) is 0 Å². The van der Waals surface area contributed by atoms with Crippen LogP contribution >= 0.6 is 27.3 Å². The van der Waals surface area contributed by atoms with Crippen LogP contribution in [-0.2, 0) is 11.2 Å². The Morgan fingerprint density at radius 2 is 2.24 bits per heavy atom. The standard InChI is InChI=1S/C15H16BrNO3S/c1-10-15(21-9-17-10)5-6-20-8-13(18)11-3-4-14(19-2)12(16)7-11/h3-4,7,9H,5-6,8H2,1-2H3. The van der Waals surface area contributed by atoms with Gasteiger partial charge < -0.3 is 9.47 Å². The van der Waals surface area contributed by atoms with E-state index in [-0.39, 0.29) is 12.4 Å². The summed E-state index contributed by atoms with van der Waals surface area (Å²) in [5.74, 6) is 0.660. The van der Waals surface area contributed by atoms with E-state index in [1.54, 1.807) is 36.6 Å². The van der Waals surface area contributed by atoms with Gasteiger partial charge in [0, 0.05) is 16.9 Å². The van der Waals surface area contributed by atoms with Crippen LogP contribution in [0.15, 0.2) is 28.2 Å². The van der Waals surface area contributed by atoms with Gasteiger partial charge in [-0.25, -0.2) is 4.98 Å². The fourth-order valence-electron chi connectivity index (χ4n) is 1.82. The van der Waals surface area contributed by atoms with Crippen molar-refractivity contribution in [1.82, 2.24) is 4.98 Å². The van der Waals surface area contributed by atoms with Crippen LogP contribution in [0.4, 0.5) is 0 Å². The summed E-state index contributed by atoms with van der Waals surface area (Å²) >= 11 is 4.98. The lowest BCUT2D eigenvalue weighted by Crippen LogP contribution is -2.11. The molecule has 0 aliphatic rings. The lowest BCUT2D eigenvalue weighted by atomic mass is 10.1. The van der Waals surface area contributed by atoms with Gasteiger partial charge in [0.25, 0.3) is 0 Å². The molecule has 0 radical (unpaired) electrons. The van der Waals surface area contributed by atoms with Crippen LogP contribution in [0.5, 0.6) is 5.75 Å². The van der Waals surface area contributed by atoms with Crippen LogP contribution in [0.25, 0.3) is 0 Å². The second-order valence-electron chi connectivity index (χ2n) is 4.44. The van der Waals surface area contributed by atoms with Crippen LogP contribution < -0.4 is 4.74 Å². The molecule has 112 valence electrons. The van der Waals surface area contributed by atoms with Crippen molar-refractivity contribution in [3.05, 3.63) is 44.3 Å². The molecule has 0 saturated heterocycles. The van der Waals surface area contributed by atoms with Crippen molar-refractivity contribution in [3.8, 4) is 5.75 Å². The van der Waals surface area contributed by atoms with Gasteiger partial charge in [-0.3, -0.25) is 4.79 Å². The van der Waals surface area contributed by atoms with Crippen molar-refractivity contribution >= 4 is 33.0 Å². The summed E-state index contributed by atoms with van der Waals surface area (Å²) in [4.78, 5) is 17.4. The van der Waals surface area contributed by atoms with Gasteiger partial charge in [0.05, 0.1) is 29.4 Å². The fourth-order valence-corrected chi connectivity index (χ4v) is 3.12. The summed E-state index contributed by atoms with van der Waals surface area (Å²) in [6.45, 7) is 2.58. The molecule has 0 saturated carbocycles. The number of benzene rings is 1. The van der Waals surface area contributed by atoms with Crippen molar-refractivity contribution in [2.75, 3.05) is 20.3 Å². The second kappa shape index (κ2) is 7.68. The number of hydrogen-bond donors (Lipinski definition) is 0. The normalized spacial score (nSPS) is 10.6. The van der Waals surface area contributed by atoms with Crippen molar-refractivity contribution < 1.29 is 14.3 Å². The molecule has 1 heterocycles. The zero-order valence-electron chi connectivity index (χ0n) is 11.9. The van der Waals surface area contributed by atoms with E-state index in [1.807, 2.05) is 12.4 Å². The van der Waals surface area contributed by atoms with E-state index in [9.17, 15) is 4.79 Å². The molecule has 0 bridgehead atoms. The first-order valence-corrected chi connectivity index (χ1v) is 8.12. The van der Waals surface area contributed by atoms with Crippen molar-refractivity contribution in [1.29, 1.82) is 0 Å². The maximum Gasteiger partial charge on any atom is 0.188 e. The summed E-state index contributed by atoms with van der Waals surface area (Å²) in [5.41, 5.74) is 3.47. The maximum atomic E-state index is 12.0. The monoisotopic (exact) mass is 369 g/mol. The van der Waals surface area contributed by atoms with Crippen LogP contribution in [0, 0.1) is 6.92 Å². The van der Waals surface area contributed by atoms with E-state index >= 15 is 0 Å². The average molecular weight is 370 g/mol. The molecule has 1 aromatic carbocycles. The van der Waals surface area contributed by atoms with Crippen molar-refractivity contribution in [3.63, 3.8) is 0 Å². The molecule has 0 aliphatic heterocycles. The van der Waals surface area contributed by atoms with Gasteiger partial charge in [0.2, 0.25) is 0 Å². The first kappa shape index (κ1) is 16.1. The van der Waals surface area contributed by atoms with Gasteiger partial charge in [-0.1, -0.05) is 0 Å². The molecule has 0 unspecified atom stereocenters. The number of thiazole rings is 1. The molecular weight excluding hydrogens is 354 g/mol. The number of aryl methyl sites for hydroxylation is 1. The number of nitrogens with zero attached hydrogens (tertiary/aromatic N) is 1. The Kier molecular flexibility index (Phi) is 5.90. The largest absolute Gasteiger partial charge is 0.496 e. The molecule has 0 amide bonds. The van der Waals surface area contributed by atoms with Crippen LogP contribution in [0.2, 0.25) is 0 Å².